The Balaban J connectivity index is 0.000000169. The molecule has 0 aliphatic carbocycles. The molecule has 8 heteroatoms. The molecule has 0 radical (unpaired) electrons. The molecule has 2 atom stereocenters. The third-order valence-corrected chi connectivity index (χ3v) is 13.0. The summed E-state index contributed by atoms with van der Waals surface area (Å²) in [5.41, 5.74) is 6.50. The molecular weight excluding hydrogens is 760 g/mol. The van der Waals surface area contributed by atoms with Crippen LogP contribution in [0.25, 0.3) is 0 Å². The van der Waals surface area contributed by atoms with Gasteiger partial charge in [-0.25, -0.2) is 0 Å². The van der Waals surface area contributed by atoms with Gasteiger partial charge < -0.3 is 9.47 Å². The van der Waals surface area contributed by atoms with E-state index in [0.29, 0.717) is 10.0 Å². The molecule has 2 fully saturated rings. The molecule has 6 aromatic rings. The highest BCUT2D eigenvalue weighted by Gasteiger charge is 2.23. The zero-order valence-corrected chi connectivity index (χ0v) is 34.2. The lowest BCUT2D eigenvalue weighted by molar-refractivity contribution is -0.0330. The number of rotatable bonds is 10. The first-order valence-electron chi connectivity index (χ1n) is 18.8. The van der Waals surface area contributed by atoms with Crippen molar-refractivity contribution in [3.63, 3.8) is 0 Å². The highest BCUT2D eigenvalue weighted by Crippen LogP contribution is 2.38. The van der Waals surface area contributed by atoms with Crippen molar-refractivity contribution in [1.82, 2.24) is 9.80 Å². The standard InChI is InChI=1S/C24H25NOS.C23H21Cl2NOS/c1-19-7-5-6-10-24(19)27-22-13-11-21(12-14-22)23-18-25(15-16-26-23)17-20-8-3-2-4-9-20;24-20-7-4-8-22(23(20)25)28-19-11-9-18(10-12-19)21-16-26(13-14-27-21)15-17-5-2-1-3-6-17/h2-14,23H,15-18H2,1H3;1-12,21H,13-16H2. The zero-order valence-electron chi connectivity index (χ0n) is 31.0. The molecule has 0 spiro atoms. The van der Waals surface area contributed by atoms with E-state index >= 15 is 0 Å². The Morgan fingerprint density at radius 2 is 0.982 bits per heavy atom. The summed E-state index contributed by atoms with van der Waals surface area (Å²) in [7, 11) is 0. The molecule has 2 aliphatic rings. The third-order valence-electron chi connectivity index (χ3n) is 9.77. The molecule has 0 aromatic heterocycles. The van der Waals surface area contributed by atoms with Crippen molar-refractivity contribution in [2.75, 3.05) is 39.4 Å². The summed E-state index contributed by atoms with van der Waals surface area (Å²) in [6, 6.07) is 52.9. The predicted octanol–water partition coefficient (Wildman–Crippen LogP) is 12.4. The van der Waals surface area contributed by atoms with Gasteiger partial charge in [-0.2, -0.15) is 0 Å². The van der Waals surface area contributed by atoms with Crippen LogP contribution < -0.4 is 0 Å². The highest BCUT2D eigenvalue weighted by molar-refractivity contribution is 7.99. The summed E-state index contributed by atoms with van der Waals surface area (Å²) in [4.78, 5) is 9.62. The maximum Gasteiger partial charge on any atom is 0.0952 e. The van der Waals surface area contributed by atoms with Gasteiger partial charge in [-0.3, -0.25) is 9.80 Å². The van der Waals surface area contributed by atoms with Gasteiger partial charge in [-0.15, -0.1) is 0 Å². The average Bonchev–Trinajstić information content (AvgIpc) is 3.22. The van der Waals surface area contributed by atoms with E-state index in [1.54, 1.807) is 17.8 Å². The van der Waals surface area contributed by atoms with Gasteiger partial charge in [0.05, 0.1) is 35.5 Å². The van der Waals surface area contributed by atoms with Crippen LogP contribution in [-0.4, -0.2) is 49.2 Å². The molecule has 282 valence electrons. The Morgan fingerprint density at radius 1 is 0.527 bits per heavy atom. The van der Waals surface area contributed by atoms with Gasteiger partial charge in [0.2, 0.25) is 0 Å². The van der Waals surface area contributed by atoms with E-state index in [0.717, 1.165) is 62.3 Å². The SMILES string of the molecule is Cc1ccccc1Sc1ccc(C2CN(Cc3ccccc3)CCO2)cc1.Clc1cccc(Sc2ccc(C3CN(Cc4ccccc4)CCO3)cc2)c1Cl. The second-order valence-electron chi connectivity index (χ2n) is 13.8. The fourth-order valence-electron chi connectivity index (χ4n) is 6.77. The quantitative estimate of drug-likeness (QED) is 0.137. The van der Waals surface area contributed by atoms with Gasteiger partial charge >= 0.3 is 0 Å². The molecule has 0 N–H and O–H groups in total. The van der Waals surface area contributed by atoms with Crippen LogP contribution in [-0.2, 0) is 22.6 Å². The van der Waals surface area contributed by atoms with Crippen LogP contribution in [0.2, 0.25) is 10.0 Å². The molecule has 2 unspecified atom stereocenters. The Morgan fingerprint density at radius 3 is 1.49 bits per heavy atom. The number of benzene rings is 6. The average molecular weight is 806 g/mol. The number of hydrogen-bond donors (Lipinski definition) is 0. The predicted molar refractivity (Wildman–Crippen MR) is 230 cm³/mol. The van der Waals surface area contributed by atoms with Gasteiger partial charge in [-0.05, 0) is 77.2 Å². The van der Waals surface area contributed by atoms with Gasteiger partial charge in [0, 0.05) is 58.9 Å². The largest absolute Gasteiger partial charge is 0.371 e. The van der Waals surface area contributed by atoms with Crippen LogP contribution in [0, 0.1) is 6.92 Å². The smallest absolute Gasteiger partial charge is 0.0952 e. The van der Waals surface area contributed by atoms with Crippen molar-refractivity contribution >= 4 is 46.7 Å². The lowest BCUT2D eigenvalue weighted by atomic mass is 10.1. The molecule has 6 aromatic carbocycles. The van der Waals surface area contributed by atoms with E-state index in [1.165, 1.54) is 37.6 Å². The number of ether oxygens (including phenoxy) is 2. The van der Waals surface area contributed by atoms with E-state index in [1.807, 2.05) is 23.9 Å². The lowest BCUT2D eigenvalue weighted by Gasteiger charge is -2.33. The van der Waals surface area contributed by atoms with Gasteiger partial charge in [-0.1, -0.05) is 156 Å². The van der Waals surface area contributed by atoms with E-state index in [2.05, 4.69) is 150 Å². The van der Waals surface area contributed by atoms with Gasteiger partial charge in [0.25, 0.3) is 0 Å². The molecule has 0 saturated carbocycles. The van der Waals surface area contributed by atoms with E-state index in [-0.39, 0.29) is 12.2 Å². The molecule has 0 amide bonds. The van der Waals surface area contributed by atoms with Crippen molar-refractivity contribution < 1.29 is 9.47 Å². The van der Waals surface area contributed by atoms with Gasteiger partial charge in [0.1, 0.15) is 0 Å². The summed E-state index contributed by atoms with van der Waals surface area (Å²) in [6.07, 6.45) is 0.256. The summed E-state index contributed by atoms with van der Waals surface area (Å²) >= 11 is 15.9. The van der Waals surface area contributed by atoms with Crippen LogP contribution in [0.5, 0.6) is 0 Å². The number of nitrogens with zero attached hydrogens (tertiary/aromatic N) is 2. The first-order chi connectivity index (χ1) is 27.0. The number of halogens is 2. The van der Waals surface area contributed by atoms with Crippen molar-refractivity contribution in [3.8, 4) is 0 Å². The minimum absolute atomic E-state index is 0.103. The Labute approximate surface area is 344 Å². The lowest BCUT2D eigenvalue weighted by Crippen LogP contribution is -2.37. The zero-order chi connectivity index (χ0) is 37.8. The summed E-state index contributed by atoms with van der Waals surface area (Å²) < 4.78 is 12.1. The summed E-state index contributed by atoms with van der Waals surface area (Å²) in [5, 5.41) is 1.18. The van der Waals surface area contributed by atoms with Crippen molar-refractivity contribution in [2.24, 2.45) is 0 Å². The third kappa shape index (κ3) is 11.5. The maximum absolute atomic E-state index is 6.30. The molecule has 0 bridgehead atoms. The normalized spacial score (nSPS) is 17.7. The Bertz CT molecular complexity index is 2090. The van der Waals surface area contributed by atoms with Crippen LogP contribution in [0.15, 0.2) is 171 Å². The van der Waals surface area contributed by atoms with E-state index < -0.39 is 0 Å². The fourth-order valence-corrected chi connectivity index (χ4v) is 9.01. The molecule has 4 nitrogen and oxygen atoms in total. The van der Waals surface area contributed by atoms with Crippen LogP contribution in [0.1, 0.15) is 40.0 Å². The van der Waals surface area contributed by atoms with Crippen LogP contribution >= 0.6 is 46.7 Å². The van der Waals surface area contributed by atoms with Crippen molar-refractivity contribution in [1.29, 1.82) is 0 Å². The van der Waals surface area contributed by atoms with Crippen molar-refractivity contribution in [3.05, 3.63) is 190 Å². The van der Waals surface area contributed by atoms with Crippen molar-refractivity contribution in [2.45, 2.75) is 51.8 Å². The van der Waals surface area contributed by atoms with Crippen LogP contribution in [0.4, 0.5) is 0 Å². The molecule has 2 saturated heterocycles. The number of aryl methyl sites for hydroxylation is 1. The second-order valence-corrected chi connectivity index (χ2v) is 16.8. The molecule has 2 heterocycles. The molecule has 2 aliphatic heterocycles. The summed E-state index contributed by atoms with van der Waals surface area (Å²) in [5.74, 6) is 0. The van der Waals surface area contributed by atoms with Crippen LogP contribution in [0.3, 0.4) is 0 Å². The first kappa shape index (κ1) is 39.7. The first-order valence-corrected chi connectivity index (χ1v) is 21.2. The molecule has 55 heavy (non-hydrogen) atoms. The minimum Gasteiger partial charge on any atom is -0.371 e. The molecule has 8 rings (SSSR count). The Hall–Kier alpha value is -3.56. The summed E-state index contributed by atoms with van der Waals surface area (Å²) in [6.45, 7) is 9.46. The molecular formula is C47H46Cl2N2O2S2. The highest BCUT2D eigenvalue weighted by atomic mass is 35.5. The van der Waals surface area contributed by atoms with E-state index in [4.69, 9.17) is 32.7 Å². The monoisotopic (exact) mass is 804 g/mol. The minimum atomic E-state index is 0.103. The second kappa shape index (κ2) is 20.0. The number of hydrogen-bond acceptors (Lipinski definition) is 6. The Kier molecular flexibility index (Phi) is 14.5. The topological polar surface area (TPSA) is 24.9 Å². The fraction of sp³-hybridized carbons (Fsp3) is 0.234. The number of morpholine rings is 2. The van der Waals surface area contributed by atoms with E-state index in [9.17, 15) is 0 Å². The van der Waals surface area contributed by atoms with Gasteiger partial charge in [0.15, 0.2) is 0 Å². The maximum atomic E-state index is 6.30.